The highest BCUT2D eigenvalue weighted by Crippen LogP contribution is 2.39. The molecule has 0 fully saturated rings. The number of aromatic nitrogens is 2. The molecular formula is C37H47F9N4O4Si. The van der Waals surface area contributed by atoms with Crippen LogP contribution in [0, 0.1) is 0 Å². The van der Waals surface area contributed by atoms with Crippen LogP contribution in [0.25, 0.3) is 0 Å². The number of alkyl halides is 9. The first-order valence-electron chi connectivity index (χ1n) is 17.6. The lowest BCUT2D eigenvalue weighted by atomic mass is 10.0. The molecule has 0 bridgehead atoms. The van der Waals surface area contributed by atoms with Gasteiger partial charge in [0, 0.05) is 31.2 Å². The molecule has 1 N–H and O–H groups in total. The third-order valence-electron chi connectivity index (χ3n) is 9.12. The summed E-state index contributed by atoms with van der Waals surface area (Å²) < 4.78 is 142. The number of anilines is 2. The number of hydrogen-bond donors (Lipinski definition) is 1. The van der Waals surface area contributed by atoms with Crippen molar-refractivity contribution < 1.29 is 58.2 Å². The summed E-state index contributed by atoms with van der Waals surface area (Å²) in [5.41, 5.74) is -4.32. The SMILES string of the molecule is CCOC(=O)CCCOc1cnc(N(Cc2cc(C(F)(F)F)cc(C(F)(F)F)c2)Cc2cc(C(F)(F)F)ccc2N[C@@H](CC)CO[Si](C)(C)C(C)(C)C)nc1. The van der Waals surface area contributed by atoms with E-state index in [0.29, 0.717) is 18.6 Å². The second kappa shape index (κ2) is 18.3. The van der Waals surface area contributed by atoms with Crippen LogP contribution in [0.3, 0.4) is 0 Å². The van der Waals surface area contributed by atoms with E-state index >= 15 is 0 Å². The number of ether oxygens (including phenoxy) is 2. The van der Waals surface area contributed by atoms with E-state index in [2.05, 4.69) is 49.1 Å². The lowest BCUT2D eigenvalue weighted by molar-refractivity contribution is -0.144. The Bertz CT molecular complexity index is 1680. The molecule has 3 rings (SSSR count). The molecule has 18 heteroatoms. The molecule has 2 aromatic carbocycles. The molecule has 0 aliphatic carbocycles. The van der Waals surface area contributed by atoms with E-state index < -0.39 is 68.2 Å². The van der Waals surface area contributed by atoms with Gasteiger partial charge < -0.3 is 24.1 Å². The normalized spacial score (nSPS) is 13.4. The van der Waals surface area contributed by atoms with Gasteiger partial charge in [0.05, 0.1) is 48.9 Å². The molecule has 0 amide bonds. The van der Waals surface area contributed by atoms with Crippen LogP contribution < -0.4 is 15.0 Å². The fraction of sp³-hybridized carbons (Fsp3) is 0.541. The number of halogens is 9. The van der Waals surface area contributed by atoms with Crippen LogP contribution in [0.15, 0.2) is 48.8 Å². The lowest BCUT2D eigenvalue weighted by Crippen LogP contribution is -2.43. The van der Waals surface area contributed by atoms with Gasteiger partial charge in [0.15, 0.2) is 14.1 Å². The minimum Gasteiger partial charge on any atom is -0.490 e. The first-order valence-corrected chi connectivity index (χ1v) is 20.5. The Morgan fingerprint density at radius 1 is 0.836 bits per heavy atom. The van der Waals surface area contributed by atoms with E-state index in [0.717, 1.165) is 12.1 Å². The van der Waals surface area contributed by atoms with E-state index in [1.165, 1.54) is 23.4 Å². The Morgan fingerprint density at radius 3 is 1.93 bits per heavy atom. The van der Waals surface area contributed by atoms with Crippen molar-refractivity contribution in [3.63, 3.8) is 0 Å². The second-order valence-electron chi connectivity index (χ2n) is 14.4. The predicted molar refractivity (Wildman–Crippen MR) is 192 cm³/mol. The average molecular weight is 811 g/mol. The molecule has 1 aromatic heterocycles. The Kier molecular flexibility index (Phi) is 15.0. The van der Waals surface area contributed by atoms with Crippen LogP contribution in [-0.2, 0) is 45.6 Å². The molecular weight excluding hydrogens is 763 g/mol. The zero-order valence-corrected chi connectivity index (χ0v) is 32.7. The summed E-state index contributed by atoms with van der Waals surface area (Å²) in [6.45, 7) is 13.2. The summed E-state index contributed by atoms with van der Waals surface area (Å²) in [7, 11) is -2.23. The second-order valence-corrected chi connectivity index (χ2v) is 19.2. The van der Waals surface area contributed by atoms with Gasteiger partial charge in [-0.1, -0.05) is 27.7 Å². The first-order chi connectivity index (χ1) is 25.3. The zero-order chi connectivity index (χ0) is 41.4. The standard InChI is InChI=1S/C37H47F9N4O4Si/c1-8-29(23-54-55(6,7)34(3,4)5)49-31-13-12-26(35(38,39)40)17-25(31)22-50(21-24-15-27(36(41,42)43)18-28(16-24)37(44,45)46)33-47-19-30(20-48-33)53-14-10-11-32(51)52-9-2/h12-13,15-20,29,49H,8-11,14,21-23H2,1-7H3/t29-/m0/s1. The number of benzene rings is 2. The maximum Gasteiger partial charge on any atom is 0.416 e. The molecule has 0 spiro atoms. The number of nitrogens with one attached hydrogen (secondary N) is 1. The number of rotatable bonds is 17. The number of esters is 1. The highest BCUT2D eigenvalue weighted by atomic mass is 28.4. The number of nitrogens with zero attached hydrogens (tertiary/aromatic N) is 3. The van der Waals surface area contributed by atoms with Gasteiger partial charge in [-0.2, -0.15) is 39.5 Å². The van der Waals surface area contributed by atoms with E-state index in [1.54, 1.807) is 6.92 Å². The van der Waals surface area contributed by atoms with E-state index in [1.807, 2.05) is 6.92 Å². The van der Waals surface area contributed by atoms with Gasteiger partial charge in [-0.3, -0.25) is 4.79 Å². The van der Waals surface area contributed by atoms with Crippen LogP contribution in [0.5, 0.6) is 5.75 Å². The van der Waals surface area contributed by atoms with Crippen molar-refractivity contribution in [3.8, 4) is 5.75 Å². The number of hydrogen-bond acceptors (Lipinski definition) is 8. The van der Waals surface area contributed by atoms with E-state index in [9.17, 15) is 44.3 Å². The van der Waals surface area contributed by atoms with E-state index in [-0.39, 0.29) is 72.8 Å². The summed E-state index contributed by atoms with van der Waals surface area (Å²) in [5.74, 6) is -0.519. The topological polar surface area (TPSA) is 85.8 Å². The number of carbonyl (C=O) groups is 1. The fourth-order valence-electron chi connectivity index (χ4n) is 4.97. The van der Waals surface area contributed by atoms with Gasteiger partial charge in [-0.25, -0.2) is 9.97 Å². The molecule has 0 saturated carbocycles. The zero-order valence-electron chi connectivity index (χ0n) is 31.7. The monoisotopic (exact) mass is 810 g/mol. The summed E-state index contributed by atoms with van der Waals surface area (Å²) in [4.78, 5) is 21.2. The van der Waals surface area contributed by atoms with Crippen molar-refractivity contribution in [2.75, 3.05) is 30.0 Å². The molecule has 8 nitrogen and oxygen atoms in total. The molecule has 0 unspecified atom stereocenters. The average Bonchev–Trinajstić information content (AvgIpc) is 3.07. The minimum atomic E-state index is -5.14. The predicted octanol–water partition coefficient (Wildman–Crippen LogP) is 10.7. The summed E-state index contributed by atoms with van der Waals surface area (Å²) >= 11 is 0. The van der Waals surface area contributed by atoms with Crippen molar-refractivity contribution in [1.82, 2.24) is 9.97 Å². The van der Waals surface area contributed by atoms with Crippen LogP contribution >= 0.6 is 0 Å². The minimum absolute atomic E-state index is 0.00991. The van der Waals surface area contributed by atoms with Gasteiger partial charge in [0.25, 0.3) is 0 Å². The van der Waals surface area contributed by atoms with Crippen LogP contribution in [0.1, 0.15) is 81.7 Å². The van der Waals surface area contributed by atoms with Crippen molar-refractivity contribution in [1.29, 1.82) is 0 Å². The molecule has 306 valence electrons. The molecule has 0 radical (unpaired) electrons. The highest BCUT2D eigenvalue weighted by Gasteiger charge is 2.39. The van der Waals surface area contributed by atoms with Crippen molar-refractivity contribution in [2.24, 2.45) is 0 Å². The lowest BCUT2D eigenvalue weighted by Gasteiger charge is -2.37. The van der Waals surface area contributed by atoms with Gasteiger partial charge in [0.2, 0.25) is 5.95 Å². The van der Waals surface area contributed by atoms with Crippen molar-refractivity contribution in [2.45, 2.75) is 110 Å². The third-order valence-corrected chi connectivity index (χ3v) is 13.6. The Balaban J connectivity index is 2.07. The molecule has 1 atom stereocenters. The van der Waals surface area contributed by atoms with Crippen molar-refractivity contribution >= 4 is 25.9 Å². The summed E-state index contributed by atoms with van der Waals surface area (Å²) in [6.07, 6.45) is -11.8. The Labute approximate surface area is 315 Å². The van der Waals surface area contributed by atoms with Gasteiger partial charge in [0.1, 0.15) is 0 Å². The molecule has 0 aliphatic rings. The quantitative estimate of drug-likeness (QED) is 0.0624. The van der Waals surface area contributed by atoms with Crippen LogP contribution in [0.4, 0.5) is 51.1 Å². The van der Waals surface area contributed by atoms with Crippen molar-refractivity contribution in [3.05, 3.63) is 76.6 Å². The molecule has 55 heavy (non-hydrogen) atoms. The largest absolute Gasteiger partial charge is 0.490 e. The molecule has 0 aliphatic heterocycles. The Morgan fingerprint density at radius 2 is 1.42 bits per heavy atom. The maximum atomic E-state index is 14.0. The highest BCUT2D eigenvalue weighted by molar-refractivity contribution is 6.74. The molecule has 1 heterocycles. The maximum absolute atomic E-state index is 14.0. The first kappa shape index (κ1) is 45.3. The fourth-order valence-corrected chi connectivity index (χ4v) is 6.02. The summed E-state index contributed by atoms with van der Waals surface area (Å²) in [5, 5.41) is 3.12. The third kappa shape index (κ3) is 13.6. The molecule has 0 saturated heterocycles. The number of carbonyl (C=O) groups excluding carboxylic acids is 1. The van der Waals surface area contributed by atoms with Crippen LogP contribution in [-0.4, -0.2) is 50.1 Å². The Hall–Kier alpha value is -4.06. The van der Waals surface area contributed by atoms with Gasteiger partial charge >= 0.3 is 24.5 Å². The summed E-state index contributed by atoms with van der Waals surface area (Å²) in [6, 6.07) is 3.68. The van der Waals surface area contributed by atoms with Gasteiger partial charge in [-0.05, 0) is 85.4 Å². The van der Waals surface area contributed by atoms with E-state index in [4.69, 9.17) is 13.9 Å². The van der Waals surface area contributed by atoms with Crippen LogP contribution in [0.2, 0.25) is 18.1 Å². The van der Waals surface area contributed by atoms with Gasteiger partial charge in [-0.15, -0.1) is 0 Å². The molecule has 3 aromatic rings. The smallest absolute Gasteiger partial charge is 0.416 e.